The van der Waals surface area contributed by atoms with Crippen molar-refractivity contribution in [1.29, 1.82) is 0 Å². The van der Waals surface area contributed by atoms with Crippen molar-refractivity contribution in [1.82, 2.24) is 30.7 Å². The van der Waals surface area contributed by atoms with Crippen LogP contribution in [-0.4, -0.2) is 37.4 Å². The molecule has 10 nitrogen and oxygen atoms in total. The first kappa shape index (κ1) is 19.4. The third-order valence-electron chi connectivity index (χ3n) is 3.95. The van der Waals surface area contributed by atoms with Crippen molar-refractivity contribution < 1.29 is 13.8 Å². The molecule has 0 spiro atoms. The van der Waals surface area contributed by atoms with Crippen molar-refractivity contribution in [2.75, 3.05) is 5.73 Å². The van der Waals surface area contributed by atoms with Crippen LogP contribution in [0.1, 0.15) is 16.1 Å². The van der Waals surface area contributed by atoms with Crippen molar-refractivity contribution in [3.63, 3.8) is 0 Å². The van der Waals surface area contributed by atoms with E-state index in [0.29, 0.717) is 11.1 Å². The minimum Gasteiger partial charge on any atom is -0.378 e. The first-order valence-electron chi connectivity index (χ1n) is 8.42. The third kappa shape index (κ3) is 3.80. The number of carbonyl (C=O) groups excluding carboxylic acids is 1. The highest BCUT2D eigenvalue weighted by Gasteiger charge is 2.25. The van der Waals surface area contributed by atoms with Gasteiger partial charge in [-0.25, -0.2) is 14.4 Å². The van der Waals surface area contributed by atoms with Crippen LogP contribution in [0, 0.1) is 5.82 Å². The fraction of sp³-hybridized carbons (Fsp3) is 0. The Bertz CT molecular complexity index is 1240. The molecule has 0 aliphatic carbocycles. The molecule has 4 rings (SSSR count). The van der Waals surface area contributed by atoms with Crippen molar-refractivity contribution in [2.24, 2.45) is 5.10 Å². The topological polar surface area (TPSA) is 137 Å². The monoisotopic (exact) mass is 470 g/mol. The Morgan fingerprint density at radius 2 is 2.03 bits per heavy atom. The van der Waals surface area contributed by atoms with E-state index in [1.807, 2.05) is 6.07 Å². The van der Waals surface area contributed by atoms with E-state index in [0.717, 1.165) is 4.68 Å². The molecule has 3 N–H and O–H groups in total. The predicted octanol–water partition coefficient (Wildman–Crippen LogP) is 2.57. The number of amides is 1. The maximum atomic E-state index is 13.3. The number of hydrazone groups is 1. The maximum absolute atomic E-state index is 13.3. The summed E-state index contributed by atoms with van der Waals surface area (Å²) in [5.74, 6) is -1.08. The van der Waals surface area contributed by atoms with E-state index in [9.17, 15) is 9.18 Å². The second-order valence-electron chi connectivity index (χ2n) is 5.91. The molecule has 0 saturated carbocycles. The van der Waals surface area contributed by atoms with E-state index >= 15 is 0 Å². The number of halogens is 2. The average Bonchev–Trinajstić information content (AvgIpc) is 3.37. The lowest BCUT2D eigenvalue weighted by atomic mass is 10.1. The van der Waals surface area contributed by atoms with E-state index in [2.05, 4.69) is 51.7 Å². The smallest absolute Gasteiger partial charge is 0.292 e. The molecule has 2 aromatic carbocycles. The molecule has 30 heavy (non-hydrogen) atoms. The van der Waals surface area contributed by atoms with Gasteiger partial charge in [0.2, 0.25) is 11.6 Å². The van der Waals surface area contributed by atoms with Gasteiger partial charge >= 0.3 is 0 Å². The van der Waals surface area contributed by atoms with Gasteiger partial charge in [-0.15, -0.1) is 5.10 Å². The molecule has 0 atom stereocenters. The number of carbonyl (C=O) groups is 1. The minimum absolute atomic E-state index is 0.0151. The Hall–Kier alpha value is -3.93. The summed E-state index contributed by atoms with van der Waals surface area (Å²) in [5.41, 5.74) is 9.68. The zero-order chi connectivity index (χ0) is 21.1. The lowest BCUT2D eigenvalue weighted by Gasteiger charge is -2.05. The molecule has 0 bridgehead atoms. The number of nitrogens with two attached hydrogens (primary N) is 1. The first-order chi connectivity index (χ1) is 14.5. The molecule has 2 aromatic heterocycles. The quantitative estimate of drug-likeness (QED) is 0.337. The Kier molecular flexibility index (Phi) is 5.30. The number of nitrogens with one attached hydrogen (secondary N) is 1. The summed E-state index contributed by atoms with van der Waals surface area (Å²) in [7, 11) is 0. The van der Waals surface area contributed by atoms with Crippen LogP contribution in [0.3, 0.4) is 0 Å². The summed E-state index contributed by atoms with van der Waals surface area (Å²) >= 11 is 3.09. The molecule has 2 heterocycles. The highest BCUT2D eigenvalue weighted by atomic mass is 79.9. The number of aromatic nitrogens is 5. The Morgan fingerprint density at radius 3 is 2.73 bits per heavy atom. The van der Waals surface area contributed by atoms with E-state index < -0.39 is 11.7 Å². The number of nitrogen functional groups attached to an aromatic ring is 1. The maximum Gasteiger partial charge on any atom is 0.292 e. The molecule has 0 unspecified atom stereocenters. The largest absolute Gasteiger partial charge is 0.378 e. The molecule has 0 aliphatic rings. The molecule has 4 aromatic rings. The van der Waals surface area contributed by atoms with Crippen LogP contribution >= 0.6 is 15.9 Å². The van der Waals surface area contributed by atoms with Crippen LogP contribution in [0.4, 0.5) is 10.2 Å². The second kappa shape index (κ2) is 8.21. The highest BCUT2D eigenvalue weighted by Crippen LogP contribution is 2.24. The molecule has 0 saturated heterocycles. The number of benzene rings is 2. The number of hydrogen-bond donors (Lipinski definition) is 2. The van der Waals surface area contributed by atoms with Crippen molar-refractivity contribution in [3.05, 3.63) is 70.1 Å². The summed E-state index contributed by atoms with van der Waals surface area (Å²) in [6.45, 7) is 0. The SMILES string of the molecule is Nc1nonc1-n1nnc(-c2ccccc2)c1C(=O)N/N=C/c1ccc(F)c(Br)c1. The van der Waals surface area contributed by atoms with Crippen molar-refractivity contribution in [3.8, 4) is 17.1 Å². The Balaban J connectivity index is 1.68. The van der Waals surface area contributed by atoms with Crippen LogP contribution in [-0.2, 0) is 0 Å². The fourth-order valence-electron chi connectivity index (χ4n) is 2.57. The molecule has 0 fully saturated rings. The molecular formula is C18H12BrFN8O2. The summed E-state index contributed by atoms with van der Waals surface area (Å²) in [5, 5.41) is 19.1. The lowest BCUT2D eigenvalue weighted by molar-refractivity contribution is 0.0948. The second-order valence-corrected chi connectivity index (χ2v) is 6.76. The number of nitrogens with zero attached hydrogens (tertiary/aromatic N) is 6. The summed E-state index contributed by atoms with van der Waals surface area (Å²) in [6, 6.07) is 13.3. The van der Waals surface area contributed by atoms with Gasteiger partial charge in [0.05, 0.1) is 10.7 Å². The van der Waals surface area contributed by atoms with E-state index in [1.54, 1.807) is 24.3 Å². The zero-order valence-corrected chi connectivity index (χ0v) is 16.6. The van der Waals surface area contributed by atoms with Gasteiger partial charge in [-0.05, 0) is 43.9 Å². The first-order valence-corrected chi connectivity index (χ1v) is 9.22. The summed E-state index contributed by atoms with van der Waals surface area (Å²) in [6.07, 6.45) is 1.37. The molecule has 1 amide bonds. The normalized spacial score (nSPS) is 11.1. The molecular weight excluding hydrogens is 459 g/mol. The minimum atomic E-state index is -0.626. The number of hydrogen-bond acceptors (Lipinski definition) is 8. The molecule has 12 heteroatoms. The van der Waals surface area contributed by atoms with Crippen LogP contribution < -0.4 is 11.2 Å². The van der Waals surface area contributed by atoms with Gasteiger partial charge in [-0.2, -0.15) is 9.78 Å². The van der Waals surface area contributed by atoms with Crippen LogP contribution in [0.25, 0.3) is 17.1 Å². The van der Waals surface area contributed by atoms with Crippen LogP contribution in [0.2, 0.25) is 0 Å². The van der Waals surface area contributed by atoms with Crippen molar-refractivity contribution in [2.45, 2.75) is 0 Å². The van der Waals surface area contributed by atoms with Gasteiger partial charge in [-0.3, -0.25) is 4.79 Å². The van der Waals surface area contributed by atoms with Gasteiger partial charge in [-0.1, -0.05) is 41.6 Å². The predicted molar refractivity (Wildman–Crippen MR) is 108 cm³/mol. The van der Waals surface area contributed by atoms with Gasteiger partial charge in [0, 0.05) is 5.56 Å². The van der Waals surface area contributed by atoms with Crippen LogP contribution in [0.5, 0.6) is 0 Å². The average molecular weight is 471 g/mol. The third-order valence-corrected chi connectivity index (χ3v) is 4.56. The molecule has 0 radical (unpaired) electrons. The van der Waals surface area contributed by atoms with Gasteiger partial charge in [0.1, 0.15) is 11.5 Å². The standard InChI is InChI=1S/C18H12BrFN8O2/c19-12-8-10(6-7-13(12)20)9-22-24-18(29)15-14(11-4-2-1-3-5-11)23-27-28(15)17-16(21)25-30-26-17/h1-9H,(H2,21,25)(H,24,29)/b22-9+. The Labute approximate surface area is 176 Å². The molecule has 150 valence electrons. The van der Waals surface area contributed by atoms with Crippen LogP contribution in [0.15, 0.2) is 62.7 Å². The van der Waals surface area contributed by atoms with Crippen molar-refractivity contribution >= 4 is 33.9 Å². The van der Waals surface area contributed by atoms with Gasteiger partial charge < -0.3 is 5.73 Å². The van der Waals surface area contributed by atoms with Gasteiger partial charge in [0.15, 0.2) is 5.69 Å². The lowest BCUT2D eigenvalue weighted by Crippen LogP contribution is -2.22. The molecule has 0 aliphatic heterocycles. The summed E-state index contributed by atoms with van der Waals surface area (Å²) < 4.78 is 19.3. The highest BCUT2D eigenvalue weighted by molar-refractivity contribution is 9.10. The fourth-order valence-corrected chi connectivity index (χ4v) is 2.97. The summed E-state index contributed by atoms with van der Waals surface area (Å²) in [4.78, 5) is 12.9. The number of rotatable bonds is 5. The Morgan fingerprint density at radius 1 is 1.23 bits per heavy atom. The van der Waals surface area contributed by atoms with E-state index in [1.165, 1.54) is 24.4 Å². The van der Waals surface area contributed by atoms with E-state index in [4.69, 9.17) is 5.73 Å². The van der Waals surface area contributed by atoms with Gasteiger partial charge in [0.25, 0.3) is 5.91 Å². The number of anilines is 1. The van der Waals surface area contributed by atoms with E-state index in [-0.39, 0.29) is 27.5 Å². The zero-order valence-electron chi connectivity index (χ0n) is 15.0.